The molecule has 0 aromatic heterocycles. The molecule has 2 N–H and O–H groups in total. The highest BCUT2D eigenvalue weighted by Gasteiger charge is 2.48. The third-order valence-corrected chi connectivity index (χ3v) is 8.35. The monoisotopic (exact) mass is 490 g/mol. The fourth-order valence-electron chi connectivity index (χ4n) is 6.26. The summed E-state index contributed by atoms with van der Waals surface area (Å²) in [6.45, 7) is 3.11. The number of Topliss-reactive ketones (excluding diaryl/α,β-unsaturated/α-hetero) is 1. The normalized spacial score (nSPS) is 19.6. The fourth-order valence-corrected chi connectivity index (χ4v) is 6.26. The lowest BCUT2D eigenvalue weighted by Crippen LogP contribution is -2.57. The first-order chi connectivity index (χ1) is 17.6. The second kappa shape index (κ2) is 13.2. The molecule has 2 saturated heterocycles. The van der Waals surface area contributed by atoms with Crippen molar-refractivity contribution in [1.29, 1.82) is 0 Å². The van der Waals surface area contributed by atoms with E-state index in [-0.39, 0.29) is 11.8 Å². The van der Waals surface area contributed by atoms with Gasteiger partial charge in [0.05, 0.1) is 5.92 Å². The Morgan fingerprint density at radius 2 is 1.42 bits per heavy atom. The van der Waals surface area contributed by atoms with Crippen molar-refractivity contribution in [2.75, 3.05) is 26.2 Å². The van der Waals surface area contributed by atoms with Crippen molar-refractivity contribution < 1.29 is 14.7 Å². The van der Waals surface area contributed by atoms with E-state index < -0.39 is 11.5 Å². The van der Waals surface area contributed by atoms with Crippen LogP contribution in [0.1, 0.15) is 68.9 Å². The number of aryl methyl sites for hydroxylation is 1. The van der Waals surface area contributed by atoms with Crippen molar-refractivity contribution in [3.05, 3.63) is 71.8 Å². The zero-order valence-electron chi connectivity index (χ0n) is 21.5. The summed E-state index contributed by atoms with van der Waals surface area (Å²) in [4.78, 5) is 28.5. The Kier molecular flexibility index (Phi) is 9.71. The van der Waals surface area contributed by atoms with Gasteiger partial charge >= 0.3 is 5.97 Å². The number of likely N-dealkylation sites (tertiary alicyclic amines) is 1. The largest absolute Gasteiger partial charge is 0.481 e. The maximum Gasteiger partial charge on any atom is 0.306 e. The highest BCUT2D eigenvalue weighted by molar-refractivity contribution is 5.92. The average molecular weight is 491 g/mol. The van der Waals surface area contributed by atoms with Gasteiger partial charge in [0.2, 0.25) is 0 Å². The molecule has 194 valence electrons. The molecule has 2 aliphatic heterocycles. The van der Waals surface area contributed by atoms with E-state index in [9.17, 15) is 14.7 Å². The molecule has 2 aliphatic rings. The topological polar surface area (TPSA) is 69.6 Å². The first kappa shape index (κ1) is 26.6. The lowest BCUT2D eigenvalue weighted by atomic mass is 9.72. The number of hydrogen-bond donors (Lipinski definition) is 2. The van der Waals surface area contributed by atoms with Crippen LogP contribution in [0.2, 0.25) is 0 Å². The highest BCUT2D eigenvalue weighted by Crippen LogP contribution is 2.41. The predicted octanol–water partition coefficient (Wildman–Crippen LogP) is 5.44. The van der Waals surface area contributed by atoms with Crippen molar-refractivity contribution in [2.45, 2.75) is 69.7 Å². The van der Waals surface area contributed by atoms with Crippen LogP contribution in [0.25, 0.3) is 0 Å². The second-order valence-electron chi connectivity index (χ2n) is 10.6. The third-order valence-electron chi connectivity index (χ3n) is 8.35. The molecule has 2 aromatic rings. The van der Waals surface area contributed by atoms with Gasteiger partial charge in [-0.1, -0.05) is 79.9 Å². The van der Waals surface area contributed by atoms with Crippen LogP contribution < -0.4 is 5.32 Å². The number of benzene rings is 2. The minimum absolute atomic E-state index is 0.0572. The van der Waals surface area contributed by atoms with Crippen LogP contribution >= 0.6 is 0 Å². The standard InChI is InChI=1S/C31H42N2O3/c34-29(26-16-21-32-22-17-26)31(28-14-8-4-9-15-28,33-23-18-27(19-24-33)30(35)36)20-10-2-1-5-11-25-12-6-3-7-13-25/h3-4,6-9,12-15,26-27,32H,1-2,5,10-11,16-24H2,(H,35,36). The molecule has 0 aliphatic carbocycles. The van der Waals surface area contributed by atoms with Crippen molar-refractivity contribution in [3.8, 4) is 0 Å². The molecule has 4 rings (SSSR count). The maximum absolute atomic E-state index is 14.5. The van der Waals surface area contributed by atoms with Gasteiger partial charge in [-0.2, -0.15) is 0 Å². The zero-order valence-corrected chi connectivity index (χ0v) is 21.5. The van der Waals surface area contributed by atoms with Crippen molar-refractivity contribution in [1.82, 2.24) is 10.2 Å². The summed E-state index contributed by atoms with van der Waals surface area (Å²) in [6, 6.07) is 21.0. The number of ketones is 1. The number of carboxylic acids is 1. The Labute approximate surface area is 216 Å². The molecule has 1 atom stereocenters. The summed E-state index contributed by atoms with van der Waals surface area (Å²) in [5.74, 6) is -0.597. The average Bonchev–Trinajstić information content (AvgIpc) is 2.94. The van der Waals surface area contributed by atoms with Crippen LogP contribution in [-0.4, -0.2) is 47.9 Å². The molecular formula is C31H42N2O3. The van der Waals surface area contributed by atoms with Gasteiger partial charge in [0.15, 0.2) is 5.78 Å². The van der Waals surface area contributed by atoms with Gasteiger partial charge in [-0.25, -0.2) is 0 Å². The van der Waals surface area contributed by atoms with E-state index in [1.54, 1.807) is 0 Å². The van der Waals surface area contributed by atoms with E-state index in [1.165, 1.54) is 5.56 Å². The Bertz CT molecular complexity index is 950. The van der Waals surface area contributed by atoms with E-state index in [2.05, 4.69) is 52.7 Å². The summed E-state index contributed by atoms with van der Waals surface area (Å²) in [5, 5.41) is 13.0. The number of nitrogens with one attached hydrogen (secondary N) is 1. The molecule has 0 amide bonds. The molecule has 2 fully saturated rings. The van der Waals surface area contributed by atoms with Gasteiger partial charge in [0.25, 0.3) is 0 Å². The number of piperidine rings is 2. The van der Waals surface area contributed by atoms with E-state index in [4.69, 9.17) is 0 Å². The second-order valence-corrected chi connectivity index (χ2v) is 10.6. The molecule has 5 nitrogen and oxygen atoms in total. The minimum Gasteiger partial charge on any atom is -0.481 e. The van der Waals surface area contributed by atoms with Crippen molar-refractivity contribution >= 4 is 11.8 Å². The van der Waals surface area contributed by atoms with E-state index in [1.807, 2.05) is 18.2 Å². The molecule has 0 saturated carbocycles. The number of carbonyl (C=O) groups excluding carboxylic acids is 1. The molecule has 0 bridgehead atoms. The minimum atomic E-state index is -0.706. The summed E-state index contributed by atoms with van der Waals surface area (Å²) in [6.07, 6.45) is 9.32. The van der Waals surface area contributed by atoms with Crippen LogP contribution in [0.4, 0.5) is 0 Å². The van der Waals surface area contributed by atoms with Gasteiger partial charge in [-0.05, 0) is 69.2 Å². The molecular weight excluding hydrogens is 448 g/mol. The zero-order chi connectivity index (χ0) is 25.2. The smallest absolute Gasteiger partial charge is 0.306 e. The van der Waals surface area contributed by atoms with Crippen LogP contribution in [0, 0.1) is 11.8 Å². The van der Waals surface area contributed by atoms with Crippen LogP contribution in [0.15, 0.2) is 60.7 Å². The van der Waals surface area contributed by atoms with Gasteiger partial charge < -0.3 is 10.4 Å². The molecule has 0 radical (unpaired) electrons. The van der Waals surface area contributed by atoms with Crippen molar-refractivity contribution in [2.24, 2.45) is 11.8 Å². The number of nitrogens with zero attached hydrogens (tertiary/aromatic N) is 1. The highest BCUT2D eigenvalue weighted by atomic mass is 16.4. The summed E-state index contributed by atoms with van der Waals surface area (Å²) < 4.78 is 0. The van der Waals surface area contributed by atoms with Crippen molar-refractivity contribution in [3.63, 3.8) is 0 Å². The van der Waals surface area contributed by atoms with Gasteiger partial charge in [-0.3, -0.25) is 14.5 Å². The molecule has 2 aromatic carbocycles. The molecule has 0 spiro atoms. The number of unbranched alkanes of at least 4 members (excludes halogenated alkanes) is 3. The Morgan fingerprint density at radius 3 is 2.06 bits per heavy atom. The van der Waals surface area contributed by atoms with E-state index in [0.29, 0.717) is 31.7 Å². The number of aliphatic carboxylic acids is 1. The molecule has 5 heteroatoms. The Balaban J connectivity index is 1.51. The number of carbonyl (C=O) groups is 2. The lowest BCUT2D eigenvalue weighted by molar-refractivity contribution is -0.146. The van der Waals surface area contributed by atoms with Gasteiger partial charge in [0, 0.05) is 19.0 Å². The van der Waals surface area contributed by atoms with Crippen LogP contribution in [0.3, 0.4) is 0 Å². The first-order valence-corrected chi connectivity index (χ1v) is 13.9. The van der Waals surface area contributed by atoms with Gasteiger partial charge in [-0.15, -0.1) is 0 Å². The van der Waals surface area contributed by atoms with Gasteiger partial charge in [0.1, 0.15) is 5.54 Å². The fraction of sp³-hybridized carbons (Fsp3) is 0.548. The summed E-state index contributed by atoms with van der Waals surface area (Å²) in [5.41, 5.74) is 1.82. The SMILES string of the molecule is O=C(O)C1CCN(C(CCCCCCc2ccccc2)(C(=O)C2CCNCC2)c2ccccc2)CC1. The van der Waals surface area contributed by atoms with E-state index in [0.717, 1.165) is 70.0 Å². The number of hydrogen-bond acceptors (Lipinski definition) is 4. The van der Waals surface area contributed by atoms with Crippen LogP contribution in [-0.2, 0) is 21.5 Å². The Hall–Kier alpha value is -2.50. The quantitative estimate of drug-likeness (QED) is 0.388. The Morgan fingerprint density at radius 1 is 0.806 bits per heavy atom. The summed E-state index contributed by atoms with van der Waals surface area (Å²) >= 11 is 0. The number of rotatable bonds is 12. The molecule has 1 unspecified atom stereocenters. The first-order valence-electron chi connectivity index (χ1n) is 13.9. The molecule has 2 heterocycles. The third kappa shape index (κ3) is 6.43. The lowest BCUT2D eigenvalue weighted by Gasteiger charge is -2.48. The number of carboxylic acid groups (broad SMARTS) is 1. The van der Waals surface area contributed by atoms with Crippen LogP contribution in [0.5, 0.6) is 0 Å². The maximum atomic E-state index is 14.5. The molecule has 36 heavy (non-hydrogen) atoms. The van der Waals surface area contributed by atoms with E-state index >= 15 is 0 Å². The predicted molar refractivity (Wildman–Crippen MR) is 144 cm³/mol. The summed E-state index contributed by atoms with van der Waals surface area (Å²) in [7, 11) is 0.